The standard InChI is InChI=1S/C36H38N6O6/c1-21-31(23(3)47-39-21)35(45)41-19-5-7-29(41)33(43)37-27-15-11-25(12-16-27)9-10-26-13-17-28(18-14-26)38-34(44)30-8-6-20-42(30)36(46)32-22(2)40-48-24(32)4/h9-18,29-30H,5-8,19-20H2,1-4H3,(H,37,43)(H,38,44)/t29-,30-/m0/s1. The summed E-state index contributed by atoms with van der Waals surface area (Å²) in [5, 5.41) is 13.6. The molecular weight excluding hydrogens is 612 g/mol. The molecule has 0 spiro atoms. The van der Waals surface area contributed by atoms with E-state index in [1.54, 1.807) is 37.5 Å². The fraction of sp³-hybridized carbons (Fsp3) is 0.333. The summed E-state index contributed by atoms with van der Waals surface area (Å²) in [4.78, 5) is 55.8. The summed E-state index contributed by atoms with van der Waals surface area (Å²) in [7, 11) is 0. The number of anilines is 2. The lowest BCUT2D eigenvalue weighted by atomic mass is 10.1. The van der Waals surface area contributed by atoms with Crippen molar-refractivity contribution < 1.29 is 28.2 Å². The van der Waals surface area contributed by atoms with Gasteiger partial charge in [0.2, 0.25) is 11.8 Å². The number of benzene rings is 2. The summed E-state index contributed by atoms with van der Waals surface area (Å²) < 4.78 is 10.3. The van der Waals surface area contributed by atoms with Crippen LogP contribution in [0.1, 0.15) is 80.4 Å². The van der Waals surface area contributed by atoms with Gasteiger partial charge < -0.3 is 29.5 Å². The second kappa shape index (κ2) is 13.7. The molecule has 248 valence electrons. The van der Waals surface area contributed by atoms with Crippen LogP contribution in [-0.2, 0) is 9.59 Å². The van der Waals surface area contributed by atoms with Gasteiger partial charge in [0.05, 0.1) is 11.4 Å². The quantitative estimate of drug-likeness (QED) is 0.236. The maximum atomic E-state index is 13.2. The first kappa shape index (κ1) is 32.4. The van der Waals surface area contributed by atoms with Gasteiger partial charge in [-0.1, -0.05) is 46.7 Å². The number of nitrogens with zero attached hydrogens (tertiary/aromatic N) is 4. The van der Waals surface area contributed by atoms with Crippen molar-refractivity contribution in [1.29, 1.82) is 0 Å². The van der Waals surface area contributed by atoms with Crippen LogP contribution < -0.4 is 10.6 Å². The summed E-state index contributed by atoms with van der Waals surface area (Å²) >= 11 is 0. The molecule has 2 fully saturated rings. The number of carbonyl (C=O) groups is 4. The first-order valence-electron chi connectivity index (χ1n) is 16.1. The highest BCUT2D eigenvalue weighted by Gasteiger charge is 2.38. The molecule has 4 amide bonds. The molecule has 12 nitrogen and oxygen atoms in total. The van der Waals surface area contributed by atoms with Crippen LogP contribution in [0.3, 0.4) is 0 Å². The van der Waals surface area contributed by atoms with Crippen LogP contribution in [0.4, 0.5) is 11.4 Å². The zero-order valence-corrected chi connectivity index (χ0v) is 27.4. The van der Waals surface area contributed by atoms with E-state index >= 15 is 0 Å². The van der Waals surface area contributed by atoms with Crippen LogP contribution in [0.25, 0.3) is 12.2 Å². The Bertz CT molecular complexity index is 1700. The molecule has 48 heavy (non-hydrogen) atoms. The summed E-state index contributed by atoms with van der Waals surface area (Å²) in [5.74, 6) is -0.0231. The molecule has 2 aliphatic rings. The van der Waals surface area contributed by atoms with Gasteiger partial charge in [-0.3, -0.25) is 19.2 Å². The zero-order valence-electron chi connectivity index (χ0n) is 27.4. The van der Waals surface area contributed by atoms with Crippen LogP contribution in [0.5, 0.6) is 0 Å². The van der Waals surface area contributed by atoms with Gasteiger partial charge in [-0.05, 0) is 88.8 Å². The lowest BCUT2D eigenvalue weighted by Crippen LogP contribution is -2.43. The third kappa shape index (κ3) is 6.64. The van der Waals surface area contributed by atoms with Crippen molar-refractivity contribution in [1.82, 2.24) is 20.1 Å². The lowest BCUT2D eigenvalue weighted by Gasteiger charge is -2.24. The Morgan fingerprint density at radius 1 is 0.646 bits per heavy atom. The van der Waals surface area contributed by atoms with Gasteiger partial charge >= 0.3 is 0 Å². The summed E-state index contributed by atoms with van der Waals surface area (Å²) in [6.45, 7) is 7.85. The fourth-order valence-electron chi connectivity index (χ4n) is 6.43. The normalized spacial score (nSPS) is 17.7. The molecule has 4 heterocycles. The second-order valence-corrected chi connectivity index (χ2v) is 12.3. The van der Waals surface area contributed by atoms with Gasteiger partial charge in [0.15, 0.2) is 0 Å². The van der Waals surface area contributed by atoms with Gasteiger partial charge in [0.25, 0.3) is 11.8 Å². The highest BCUT2D eigenvalue weighted by atomic mass is 16.5. The van der Waals surface area contributed by atoms with E-state index in [4.69, 9.17) is 9.05 Å². The first-order valence-corrected chi connectivity index (χ1v) is 16.1. The van der Waals surface area contributed by atoms with Gasteiger partial charge in [-0.25, -0.2) is 0 Å². The van der Waals surface area contributed by atoms with Crippen molar-refractivity contribution >= 4 is 47.2 Å². The molecule has 2 atom stereocenters. The van der Waals surface area contributed by atoms with Crippen LogP contribution in [0.15, 0.2) is 57.6 Å². The molecule has 0 saturated carbocycles. The van der Waals surface area contributed by atoms with Gasteiger partial charge in [0.1, 0.15) is 34.7 Å². The second-order valence-electron chi connectivity index (χ2n) is 12.3. The number of hydrogen-bond acceptors (Lipinski definition) is 8. The number of amides is 4. The Balaban J connectivity index is 1.02. The Morgan fingerprint density at radius 2 is 1.02 bits per heavy atom. The third-order valence-corrected chi connectivity index (χ3v) is 8.95. The molecule has 2 N–H and O–H groups in total. The van der Waals surface area contributed by atoms with Crippen LogP contribution in [0.2, 0.25) is 0 Å². The van der Waals surface area contributed by atoms with Crippen LogP contribution in [-0.4, -0.2) is 68.9 Å². The zero-order chi connectivity index (χ0) is 33.9. The van der Waals surface area contributed by atoms with E-state index < -0.39 is 12.1 Å². The Labute approximate surface area is 278 Å². The number of aromatic nitrogens is 2. The Hall–Kier alpha value is -5.52. The minimum Gasteiger partial charge on any atom is -0.361 e. The molecular formula is C36H38N6O6. The molecule has 2 aromatic heterocycles. The molecule has 6 rings (SSSR count). The number of hydrogen-bond donors (Lipinski definition) is 2. The molecule has 0 unspecified atom stereocenters. The van der Waals surface area contributed by atoms with Crippen molar-refractivity contribution in [2.24, 2.45) is 0 Å². The fourth-order valence-corrected chi connectivity index (χ4v) is 6.43. The largest absolute Gasteiger partial charge is 0.361 e. The van der Waals surface area contributed by atoms with Crippen molar-refractivity contribution in [3.05, 3.63) is 93.7 Å². The topological polar surface area (TPSA) is 151 Å². The number of nitrogens with one attached hydrogen (secondary N) is 2. The Kier molecular flexibility index (Phi) is 9.24. The van der Waals surface area contributed by atoms with Crippen LogP contribution >= 0.6 is 0 Å². The summed E-state index contributed by atoms with van der Waals surface area (Å²) in [6.07, 6.45) is 6.58. The molecule has 0 aliphatic carbocycles. The molecule has 0 bridgehead atoms. The van der Waals surface area contributed by atoms with E-state index in [9.17, 15) is 19.2 Å². The monoisotopic (exact) mass is 650 g/mol. The Morgan fingerprint density at radius 3 is 1.35 bits per heavy atom. The van der Waals surface area contributed by atoms with Crippen molar-refractivity contribution in [2.45, 2.75) is 65.5 Å². The predicted octanol–water partition coefficient (Wildman–Crippen LogP) is 5.55. The smallest absolute Gasteiger partial charge is 0.260 e. The van der Waals surface area contributed by atoms with E-state index in [1.807, 2.05) is 60.7 Å². The van der Waals surface area contributed by atoms with Crippen molar-refractivity contribution in [3.63, 3.8) is 0 Å². The SMILES string of the molecule is Cc1noc(C)c1C(=O)N1CCC[C@H]1C(=O)Nc1ccc(C=Cc2ccc(NC(=O)[C@@H]3CCCN3C(=O)c3c(C)noc3C)cc2)cc1. The van der Waals surface area contributed by atoms with E-state index in [2.05, 4.69) is 20.9 Å². The number of aryl methyl sites for hydroxylation is 4. The van der Waals surface area contributed by atoms with E-state index in [0.29, 0.717) is 71.3 Å². The molecule has 2 aromatic carbocycles. The van der Waals surface area contributed by atoms with Crippen LogP contribution in [0, 0.1) is 27.7 Å². The van der Waals surface area contributed by atoms with Gasteiger partial charge in [-0.15, -0.1) is 0 Å². The van der Waals surface area contributed by atoms with Crippen molar-refractivity contribution in [3.8, 4) is 0 Å². The molecule has 4 aromatic rings. The van der Waals surface area contributed by atoms with E-state index in [-0.39, 0.29) is 23.6 Å². The maximum Gasteiger partial charge on any atom is 0.260 e. The van der Waals surface area contributed by atoms with Crippen molar-refractivity contribution in [2.75, 3.05) is 23.7 Å². The molecule has 12 heteroatoms. The maximum absolute atomic E-state index is 13.2. The molecule has 2 aliphatic heterocycles. The van der Waals surface area contributed by atoms with E-state index in [0.717, 1.165) is 24.0 Å². The number of carbonyl (C=O) groups excluding carboxylic acids is 4. The number of likely N-dealkylation sites (tertiary alicyclic amines) is 2. The average Bonchev–Trinajstić information content (AvgIpc) is 3.89. The number of rotatable bonds is 8. The minimum absolute atomic E-state index is 0.226. The minimum atomic E-state index is -0.564. The first-order chi connectivity index (χ1) is 23.1. The summed E-state index contributed by atoms with van der Waals surface area (Å²) in [6, 6.07) is 13.8. The predicted molar refractivity (Wildman–Crippen MR) is 179 cm³/mol. The average molecular weight is 651 g/mol. The molecule has 2 saturated heterocycles. The van der Waals surface area contributed by atoms with Gasteiger partial charge in [0, 0.05) is 24.5 Å². The third-order valence-electron chi connectivity index (χ3n) is 8.95. The lowest BCUT2D eigenvalue weighted by molar-refractivity contribution is -0.120. The molecule has 0 radical (unpaired) electrons. The van der Waals surface area contributed by atoms with Gasteiger partial charge in [-0.2, -0.15) is 0 Å². The highest BCUT2D eigenvalue weighted by Crippen LogP contribution is 2.26. The summed E-state index contributed by atoms with van der Waals surface area (Å²) in [5.41, 5.74) is 5.03. The van der Waals surface area contributed by atoms with E-state index in [1.165, 1.54) is 0 Å². The highest BCUT2D eigenvalue weighted by molar-refractivity contribution is 6.03.